The molecule has 1 aromatic rings. The Labute approximate surface area is 98.1 Å². The monoisotopic (exact) mass is 241 g/mol. The van der Waals surface area contributed by atoms with Crippen LogP contribution in [0.1, 0.15) is 12.1 Å². The lowest BCUT2D eigenvalue weighted by Gasteiger charge is -2.20. The first-order valence-corrected chi connectivity index (χ1v) is 6.14. The Hall–Kier alpha value is -0.980. The van der Waals surface area contributed by atoms with Gasteiger partial charge in [0.2, 0.25) is 5.91 Å². The SMILES string of the molecule is CN(Cc1cscn1)C(=O)C1CC(O)CN1. The van der Waals surface area contributed by atoms with Gasteiger partial charge in [-0.1, -0.05) is 0 Å². The Balaban J connectivity index is 1.89. The van der Waals surface area contributed by atoms with E-state index in [0.717, 1.165) is 5.69 Å². The van der Waals surface area contributed by atoms with Crippen molar-refractivity contribution in [2.24, 2.45) is 0 Å². The van der Waals surface area contributed by atoms with Crippen LogP contribution in [0.15, 0.2) is 10.9 Å². The van der Waals surface area contributed by atoms with Crippen molar-refractivity contribution in [3.8, 4) is 0 Å². The van der Waals surface area contributed by atoms with E-state index in [4.69, 9.17) is 0 Å². The van der Waals surface area contributed by atoms with Gasteiger partial charge in [0.15, 0.2) is 0 Å². The molecule has 2 unspecified atom stereocenters. The van der Waals surface area contributed by atoms with E-state index in [1.807, 2.05) is 5.38 Å². The first kappa shape index (κ1) is 11.5. The van der Waals surface area contributed by atoms with E-state index in [1.165, 1.54) is 11.3 Å². The first-order valence-electron chi connectivity index (χ1n) is 5.20. The maximum atomic E-state index is 11.9. The molecule has 2 atom stereocenters. The second-order valence-corrected chi connectivity index (χ2v) is 4.74. The fourth-order valence-corrected chi connectivity index (χ4v) is 2.36. The Morgan fingerprint density at radius 3 is 3.19 bits per heavy atom. The summed E-state index contributed by atoms with van der Waals surface area (Å²) in [7, 11) is 1.76. The van der Waals surface area contributed by atoms with Crippen molar-refractivity contribution in [1.82, 2.24) is 15.2 Å². The van der Waals surface area contributed by atoms with Crippen molar-refractivity contribution in [2.45, 2.75) is 25.1 Å². The molecule has 1 aliphatic rings. The van der Waals surface area contributed by atoms with Crippen LogP contribution >= 0.6 is 11.3 Å². The number of β-amino-alcohol motifs (C(OH)–C–C–N with tert-alkyl or cyclic N) is 1. The average Bonchev–Trinajstić information content (AvgIpc) is 2.88. The minimum Gasteiger partial charge on any atom is -0.392 e. The number of hydrogen-bond acceptors (Lipinski definition) is 5. The Kier molecular flexibility index (Phi) is 3.52. The normalized spacial score (nSPS) is 24.6. The van der Waals surface area contributed by atoms with Gasteiger partial charge in [-0.25, -0.2) is 4.98 Å². The number of thiazole rings is 1. The number of aliphatic hydroxyl groups excluding tert-OH is 1. The van der Waals surface area contributed by atoms with E-state index < -0.39 is 6.10 Å². The quantitative estimate of drug-likeness (QED) is 0.771. The fourth-order valence-electron chi connectivity index (χ4n) is 1.81. The summed E-state index contributed by atoms with van der Waals surface area (Å²) in [6.45, 7) is 1.03. The van der Waals surface area contributed by atoms with Gasteiger partial charge in [-0.3, -0.25) is 4.79 Å². The number of carbonyl (C=O) groups is 1. The summed E-state index contributed by atoms with van der Waals surface area (Å²) in [5.41, 5.74) is 2.66. The van der Waals surface area contributed by atoms with Crippen LogP contribution in [0, 0.1) is 0 Å². The second-order valence-electron chi connectivity index (χ2n) is 4.02. The molecular weight excluding hydrogens is 226 g/mol. The number of likely N-dealkylation sites (N-methyl/N-ethyl adjacent to an activating group) is 1. The number of aliphatic hydroxyl groups is 1. The highest BCUT2D eigenvalue weighted by Crippen LogP contribution is 2.11. The van der Waals surface area contributed by atoms with Crippen LogP contribution in [0.5, 0.6) is 0 Å². The molecule has 1 aromatic heterocycles. The van der Waals surface area contributed by atoms with Crippen molar-refractivity contribution in [1.29, 1.82) is 0 Å². The van der Waals surface area contributed by atoms with Crippen molar-refractivity contribution in [2.75, 3.05) is 13.6 Å². The number of nitrogens with one attached hydrogen (secondary N) is 1. The zero-order valence-electron chi connectivity index (χ0n) is 9.09. The molecule has 0 aromatic carbocycles. The number of nitrogens with zero attached hydrogens (tertiary/aromatic N) is 2. The number of aromatic nitrogens is 1. The lowest BCUT2D eigenvalue weighted by atomic mass is 10.2. The van der Waals surface area contributed by atoms with Gasteiger partial charge in [-0.15, -0.1) is 11.3 Å². The molecule has 2 N–H and O–H groups in total. The minimum atomic E-state index is -0.401. The largest absolute Gasteiger partial charge is 0.392 e. The highest BCUT2D eigenvalue weighted by atomic mass is 32.1. The third-order valence-corrected chi connectivity index (χ3v) is 3.30. The van der Waals surface area contributed by atoms with E-state index in [9.17, 15) is 9.90 Å². The zero-order valence-corrected chi connectivity index (χ0v) is 9.91. The molecule has 1 aliphatic heterocycles. The molecule has 1 saturated heterocycles. The molecular formula is C10H15N3O2S. The first-order chi connectivity index (χ1) is 7.66. The van der Waals surface area contributed by atoms with Gasteiger partial charge < -0.3 is 15.3 Å². The summed E-state index contributed by atoms with van der Waals surface area (Å²) in [5.74, 6) is 0.0181. The maximum Gasteiger partial charge on any atom is 0.239 e. The van der Waals surface area contributed by atoms with Gasteiger partial charge in [-0.05, 0) is 6.42 Å². The molecule has 2 heterocycles. The number of hydrogen-bond donors (Lipinski definition) is 2. The summed E-state index contributed by atoms with van der Waals surface area (Å²) in [5, 5.41) is 14.3. The highest BCUT2D eigenvalue weighted by Gasteiger charge is 2.30. The van der Waals surface area contributed by atoms with Crippen molar-refractivity contribution < 1.29 is 9.90 Å². The van der Waals surface area contributed by atoms with Crippen LogP contribution in [0.2, 0.25) is 0 Å². The second kappa shape index (κ2) is 4.90. The van der Waals surface area contributed by atoms with E-state index in [1.54, 1.807) is 17.5 Å². The van der Waals surface area contributed by atoms with Crippen LogP contribution in [0.4, 0.5) is 0 Å². The van der Waals surface area contributed by atoms with E-state index in [0.29, 0.717) is 19.5 Å². The van der Waals surface area contributed by atoms with Crippen LogP contribution in [-0.4, -0.2) is 46.6 Å². The molecule has 5 nitrogen and oxygen atoms in total. The summed E-state index contributed by atoms with van der Waals surface area (Å²) in [6, 6.07) is -0.251. The van der Waals surface area contributed by atoms with Crippen molar-refractivity contribution in [3.05, 3.63) is 16.6 Å². The van der Waals surface area contributed by atoms with E-state index >= 15 is 0 Å². The van der Waals surface area contributed by atoms with Crippen LogP contribution in [-0.2, 0) is 11.3 Å². The minimum absolute atomic E-state index is 0.0181. The molecule has 0 radical (unpaired) electrons. The van der Waals surface area contributed by atoms with E-state index in [2.05, 4.69) is 10.3 Å². The third-order valence-electron chi connectivity index (χ3n) is 2.66. The predicted octanol–water partition coefficient (Wildman–Crippen LogP) is -0.176. The zero-order chi connectivity index (χ0) is 11.5. The topological polar surface area (TPSA) is 65.5 Å². The summed E-state index contributed by atoms with van der Waals surface area (Å²) in [6.07, 6.45) is 0.0990. The molecule has 1 fully saturated rings. The van der Waals surface area contributed by atoms with Crippen molar-refractivity contribution in [3.63, 3.8) is 0 Å². The summed E-state index contributed by atoms with van der Waals surface area (Å²) in [4.78, 5) is 17.7. The standard InChI is InChI=1S/C10H15N3O2S/c1-13(4-7-5-16-6-12-7)10(15)9-2-8(14)3-11-9/h5-6,8-9,11,14H,2-4H2,1H3. The number of carbonyl (C=O) groups excluding carboxylic acids is 1. The number of amides is 1. The summed E-state index contributed by atoms with van der Waals surface area (Å²) >= 11 is 1.52. The smallest absolute Gasteiger partial charge is 0.239 e. The predicted molar refractivity (Wildman–Crippen MR) is 61.0 cm³/mol. The molecule has 16 heavy (non-hydrogen) atoms. The van der Waals surface area contributed by atoms with Crippen LogP contribution < -0.4 is 5.32 Å². The Bertz CT molecular complexity index is 355. The van der Waals surface area contributed by atoms with E-state index in [-0.39, 0.29) is 11.9 Å². The molecule has 2 rings (SSSR count). The Morgan fingerprint density at radius 2 is 2.62 bits per heavy atom. The third kappa shape index (κ3) is 2.58. The molecule has 1 amide bonds. The Morgan fingerprint density at radius 1 is 1.81 bits per heavy atom. The molecule has 0 saturated carbocycles. The number of rotatable bonds is 3. The fraction of sp³-hybridized carbons (Fsp3) is 0.600. The molecule has 0 bridgehead atoms. The van der Waals surface area contributed by atoms with Crippen molar-refractivity contribution >= 4 is 17.2 Å². The van der Waals surface area contributed by atoms with Gasteiger partial charge in [-0.2, -0.15) is 0 Å². The van der Waals surface area contributed by atoms with Crippen LogP contribution in [0.3, 0.4) is 0 Å². The molecule has 6 heteroatoms. The van der Waals surface area contributed by atoms with Gasteiger partial charge in [0, 0.05) is 19.0 Å². The molecule has 0 aliphatic carbocycles. The lowest BCUT2D eigenvalue weighted by Crippen LogP contribution is -2.41. The molecule has 0 spiro atoms. The van der Waals surface area contributed by atoms with Gasteiger partial charge in [0.25, 0.3) is 0 Å². The highest BCUT2D eigenvalue weighted by molar-refractivity contribution is 7.07. The lowest BCUT2D eigenvalue weighted by molar-refractivity contribution is -0.132. The van der Waals surface area contributed by atoms with Crippen LogP contribution in [0.25, 0.3) is 0 Å². The van der Waals surface area contributed by atoms with Gasteiger partial charge in [0.05, 0.1) is 29.9 Å². The van der Waals surface area contributed by atoms with Gasteiger partial charge >= 0.3 is 0 Å². The summed E-state index contributed by atoms with van der Waals surface area (Å²) < 4.78 is 0. The molecule has 88 valence electrons. The average molecular weight is 241 g/mol. The maximum absolute atomic E-state index is 11.9. The van der Waals surface area contributed by atoms with Gasteiger partial charge in [0.1, 0.15) is 0 Å².